The number of aromatic nitrogens is 2. The lowest BCUT2D eigenvalue weighted by Gasteiger charge is -2.11. The van der Waals surface area contributed by atoms with Crippen LogP contribution < -0.4 is 5.32 Å². The zero-order valence-electron chi connectivity index (χ0n) is 11.7. The van der Waals surface area contributed by atoms with Gasteiger partial charge in [-0.15, -0.1) is 0 Å². The number of halogens is 1. The maximum atomic E-state index is 13.8. The van der Waals surface area contributed by atoms with Crippen LogP contribution in [0.5, 0.6) is 0 Å². The molecule has 1 N–H and O–H groups in total. The first-order valence-corrected chi connectivity index (χ1v) is 6.65. The zero-order valence-corrected chi connectivity index (χ0v) is 11.7. The van der Waals surface area contributed by atoms with Crippen LogP contribution in [0.15, 0.2) is 30.6 Å². The number of benzene rings is 1. The average molecular weight is 261 g/mol. The molecule has 1 heterocycles. The predicted molar refractivity (Wildman–Crippen MR) is 75.3 cm³/mol. The fraction of sp³-hybridized carbons (Fsp3) is 0.400. The lowest BCUT2D eigenvalue weighted by molar-refractivity contribution is 0.553. The summed E-state index contributed by atoms with van der Waals surface area (Å²) in [5.74, 6) is 0.708. The summed E-state index contributed by atoms with van der Waals surface area (Å²) in [6.45, 7) is 7.55. The van der Waals surface area contributed by atoms with E-state index in [4.69, 9.17) is 0 Å². The van der Waals surface area contributed by atoms with Crippen molar-refractivity contribution in [2.45, 2.75) is 39.9 Å². The molecule has 19 heavy (non-hydrogen) atoms. The highest BCUT2D eigenvalue weighted by Gasteiger charge is 2.09. The van der Waals surface area contributed by atoms with E-state index in [1.807, 2.05) is 30.7 Å². The molecular formula is C15H20FN3. The molecule has 0 fully saturated rings. The SMILES string of the molecule is CCn1ccnc1-c1ccc(F)c(CNC(C)C)c1. The molecule has 0 aliphatic heterocycles. The fourth-order valence-electron chi connectivity index (χ4n) is 1.99. The van der Waals surface area contributed by atoms with Crippen LogP contribution in [0, 0.1) is 5.82 Å². The van der Waals surface area contributed by atoms with Gasteiger partial charge in [0.25, 0.3) is 0 Å². The van der Waals surface area contributed by atoms with Crippen LogP contribution in [0.25, 0.3) is 11.4 Å². The number of rotatable bonds is 5. The highest BCUT2D eigenvalue weighted by molar-refractivity contribution is 5.57. The van der Waals surface area contributed by atoms with Gasteiger partial charge in [-0.25, -0.2) is 9.37 Å². The van der Waals surface area contributed by atoms with Crippen molar-refractivity contribution in [2.24, 2.45) is 0 Å². The van der Waals surface area contributed by atoms with Gasteiger partial charge in [-0.05, 0) is 25.1 Å². The summed E-state index contributed by atoms with van der Waals surface area (Å²) in [5, 5.41) is 3.24. The maximum Gasteiger partial charge on any atom is 0.139 e. The molecule has 0 bridgehead atoms. The molecule has 1 aromatic heterocycles. The van der Waals surface area contributed by atoms with Gasteiger partial charge < -0.3 is 9.88 Å². The van der Waals surface area contributed by atoms with E-state index in [9.17, 15) is 4.39 Å². The third-order valence-electron chi connectivity index (χ3n) is 3.06. The molecule has 0 aliphatic carbocycles. The van der Waals surface area contributed by atoms with Gasteiger partial charge >= 0.3 is 0 Å². The van der Waals surface area contributed by atoms with Crippen molar-refractivity contribution in [1.29, 1.82) is 0 Å². The van der Waals surface area contributed by atoms with Gasteiger partial charge in [0, 0.05) is 42.7 Å². The Labute approximate surface area is 113 Å². The minimum atomic E-state index is -0.175. The highest BCUT2D eigenvalue weighted by Crippen LogP contribution is 2.21. The summed E-state index contributed by atoms with van der Waals surface area (Å²) in [4.78, 5) is 4.34. The van der Waals surface area contributed by atoms with Crippen molar-refractivity contribution in [3.05, 3.63) is 42.0 Å². The Kier molecular flexibility index (Phi) is 4.32. The largest absolute Gasteiger partial charge is 0.331 e. The third kappa shape index (κ3) is 3.20. The van der Waals surface area contributed by atoms with Gasteiger partial charge in [-0.2, -0.15) is 0 Å². The molecule has 1 aromatic carbocycles. The van der Waals surface area contributed by atoms with Crippen molar-refractivity contribution < 1.29 is 4.39 Å². The normalized spacial score (nSPS) is 11.2. The second-order valence-corrected chi connectivity index (χ2v) is 4.88. The molecule has 0 radical (unpaired) electrons. The summed E-state index contributed by atoms with van der Waals surface area (Å²) < 4.78 is 15.8. The Morgan fingerprint density at radius 2 is 2.16 bits per heavy atom. The van der Waals surface area contributed by atoms with E-state index in [0.29, 0.717) is 18.2 Å². The van der Waals surface area contributed by atoms with Gasteiger partial charge in [-0.3, -0.25) is 0 Å². The fourth-order valence-corrected chi connectivity index (χ4v) is 1.99. The average Bonchev–Trinajstić information content (AvgIpc) is 2.86. The van der Waals surface area contributed by atoms with Gasteiger partial charge in [-0.1, -0.05) is 13.8 Å². The van der Waals surface area contributed by atoms with Crippen LogP contribution >= 0.6 is 0 Å². The lowest BCUT2D eigenvalue weighted by atomic mass is 10.1. The van der Waals surface area contributed by atoms with Crippen molar-refractivity contribution in [2.75, 3.05) is 0 Å². The minimum absolute atomic E-state index is 0.175. The van der Waals surface area contributed by atoms with E-state index in [0.717, 1.165) is 17.9 Å². The number of hydrogen-bond acceptors (Lipinski definition) is 2. The van der Waals surface area contributed by atoms with E-state index in [1.165, 1.54) is 6.07 Å². The molecule has 2 aromatic rings. The minimum Gasteiger partial charge on any atom is -0.331 e. The van der Waals surface area contributed by atoms with Crippen LogP contribution in [0.2, 0.25) is 0 Å². The molecule has 0 saturated heterocycles. The van der Waals surface area contributed by atoms with Crippen molar-refractivity contribution in [3.63, 3.8) is 0 Å². The Hall–Kier alpha value is -1.68. The molecule has 0 saturated carbocycles. The predicted octanol–water partition coefficient (Wildman–Crippen LogP) is 3.21. The van der Waals surface area contributed by atoms with Gasteiger partial charge in [0.2, 0.25) is 0 Å². The number of nitrogens with one attached hydrogen (secondary N) is 1. The van der Waals surface area contributed by atoms with Crippen LogP contribution in [0.4, 0.5) is 4.39 Å². The van der Waals surface area contributed by atoms with E-state index < -0.39 is 0 Å². The van der Waals surface area contributed by atoms with Gasteiger partial charge in [0.1, 0.15) is 11.6 Å². The Morgan fingerprint density at radius 1 is 1.37 bits per heavy atom. The quantitative estimate of drug-likeness (QED) is 0.895. The van der Waals surface area contributed by atoms with E-state index in [1.54, 1.807) is 12.3 Å². The molecule has 102 valence electrons. The molecular weight excluding hydrogens is 241 g/mol. The Morgan fingerprint density at radius 3 is 2.84 bits per heavy atom. The van der Waals surface area contributed by atoms with Crippen LogP contribution in [-0.2, 0) is 13.1 Å². The maximum absolute atomic E-state index is 13.8. The number of hydrogen-bond donors (Lipinski definition) is 1. The van der Waals surface area contributed by atoms with Crippen molar-refractivity contribution in [1.82, 2.24) is 14.9 Å². The molecule has 0 unspecified atom stereocenters. The van der Waals surface area contributed by atoms with Crippen molar-refractivity contribution >= 4 is 0 Å². The lowest BCUT2D eigenvalue weighted by Crippen LogP contribution is -2.22. The molecule has 3 nitrogen and oxygen atoms in total. The highest BCUT2D eigenvalue weighted by atomic mass is 19.1. The van der Waals surface area contributed by atoms with Crippen LogP contribution in [0.3, 0.4) is 0 Å². The summed E-state index contributed by atoms with van der Waals surface area (Å²) in [6.07, 6.45) is 3.71. The Balaban J connectivity index is 2.30. The smallest absolute Gasteiger partial charge is 0.139 e. The first-order valence-electron chi connectivity index (χ1n) is 6.65. The van der Waals surface area contributed by atoms with Gasteiger partial charge in [0.15, 0.2) is 0 Å². The summed E-state index contributed by atoms with van der Waals surface area (Å²) in [6, 6.07) is 5.50. The molecule has 2 rings (SSSR count). The van der Waals surface area contributed by atoms with Crippen LogP contribution in [-0.4, -0.2) is 15.6 Å². The number of nitrogens with zero attached hydrogens (tertiary/aromatic N) is 2. The van der Waals surface area contributed by atoms with Crippen molar-refractivity contribution in [3.8, 4) is 11.4 Å². The first kappa shape index (κ1) is 13.7. The number of imidazole rings is 1. The van der Waals surface area contributed by atoms with E-state index >= 15 is 0 Å². The summed E-state index contributed by atoms with van der Waals surface area (Å²) in [5.41, 5.74) is 1.63. The molecule has 4 heteroatoms. The second kappa shape index (κ2) is 5.97. The summed E-state index contributed by atoms with van der Waals surface area (Å²) >= 11 is 0. The van der Waals surface area contributed by atoms with E-state index in [-0.39, 0.29) is 5.82 Å². The Bertz CT molecular complexity index is 546. The third-order valence-corrected chi connectivity index (χ3v) is 3.06. The number of aryl methyl sites for hydroxylation is 1. The zero-order chi connectivity index (χ0) is 13.8. The topological polar surface area (TPSA) is 29.9 Å². The molecule has 0 spiro atoms. The van der Waals surface area contributed by atoms with Gasteiger partial charge in [0.05, 0.1) is 0 Å². The van der Waals surface area contributed by atoms with Crippen LogP contribution in [0.1, 0.15) is 26.3 Å². The molecule has 0 amide bonds. The molecule has 0 atom stereocenters. The van der Waals surface area contributed by atoms with E-state index in [2.05, 4.69) is 17.2 Å². The first-order chi connectivity index (χ1) is 9.11. The second-order valence-electron chi connectivity index (χ2n) is 4.88. The molecule has 0 aliphatic rings. The monoisotopic (exact) mass is 261 g/mol. The summed E-state index contributed by atoms with van der Waals surface area (Å²) in [7, 11) is 0. The standard InChI is InChI=1S/C15H20FN3/c1-4-19-8-7-17-15(19)12-5-6-14(16)13(9-12)10-18-11(2)3/h5-9,11,18H,4,10H2,1-3H3.